The second-order valence-electron chi connectivity index (χ2n) is 6.22. The van der Waals surface area contributed by atoms with Crippen molar-refractivity contribution in [2.45, 2.75) is 33.5 Å². The van der Waals surface area contributed by atoms with E-state index in [1.54, 1.807) is 18.2 Å². The van der Waals surface area contributed by atoms with E-state index < -0.39 is 0 Å². The number of carbonyl (C=O) groups excluding carboxylic acids is 1. The lowest BCUT2D eigenvalue weighted by Crippen LogP contribution is -2.23. The van der Waals surface area contributed by atoms with Gasteiger partial charge in [-0.3, -0.25) is 9.48 Å². The summed E-state index contributed by atoms with van der Waals surface area (Å²) >= 11 is 5.96. The van der Waals surface area contributed by atoms with Crippen molar-refractivity contribution in [3.8, 4) is 5.75 Å². The topological polar surface area (TPSA) is 56.2 Å². The molecule has 0 aliphatic carbocycles. The smallest absolute Gasteiger partial charge is 0.251 e. The van der Waals surface area contributed by atoms with E-state index in [1.165, 1.54) is 0 Å². The van der Waals surface area contributed by atoms with Crippen molar-refractivity contribution in [1.82, 2.24) is 15.1 Å². The summed E-state index contributed by atoms with van der Waals surface area (Å²) < 4.78 is 7.61. The van der Waals surface area contributed by atoms with Crippen LogP contribution >= 0.6 is 11.6 Å². The molecule has 0 aliphatic heterocycles. The van der Waals surface area contributed by atoms with Crippen LogP contribution in [0.25, 0.3) is 0 Å². The fourth-order valence-electron chi connectivity index (χ4n) is 2.70. The van der Waals surface area contributed by atoms with Gasteiger partial charge in [-0.2, -0.15) is 5.10 Å². The van der Waals surface area contributed by atoms with Gasteiger partial charge in [0.2, 0.25) is 0 Å². The number of hydrogen-bond acceptors (Lipinski definition) is 3. The highest BCUT2D eigenvalue weighted by molar-refractivity contribution is 6.30. The summed E-state index contributed by atoms with van der Waals surface area (Å²) in [7, 11) is 0. The number of halogens is 1. The van der Waals surface area contributed by atoms with Gasteiger partial charge >= 0.3 is 0 Å². The van der Waals surface area contributed by atoms with Crippen LogP contribution in [0.1, 0.15) is 34.1 Å². The van der Waals surface area contributed by atoms with Crippen molar-refractivity contribution in [2.24, 2.45) is 0 Å². The Morgan fingerprint density at radius 3 is 2.78 bits per heavy atom. The molecule has 0 aliphatic rings. The highest BCUT2D eigenvalue weighted by Crippen LogP contribution is 2.18. The largest absolute Gasteiger partial charge is 0.489 e. The van der Waals surface area contributed by atoms with Crippen molar-refractivity contribution in [2.75, 3.05) is 0 Å². The van der Waals surface area contributed by atoms with Crippen LogP contribution in [0.3, 0.4) is 0 Å². The predicted molar refractivity (Wildman–Crippen MR) is 106 cm³/mol. The molecule has 140 valence electrons. The molecule has 5 nitrogen and oxygen atoms in total. The zero-order chi connectivity index (χ0) is 19.2. The van der Waals surface area contributed by atoms with Crippen LogP contribution in [0.15, 0.2) is 54.7 Å². The van der Waals surface area contributed by atoms with Gasteiger partial charge in [0, 0.05) is 35.4 Å². The normalized spacial score (nSPS) is 10.6. The molecule has 1 amide bonds. The Labute approximate surface area is 163 Å². The lowest BCUT2D eigenvalue weighted by Gasteiger charge is -2.09. The summed E-state index contributed by atoms with van der Waals surface area (Å²) in [5.41, 5.74) is 3.46. The zero-order valence-electron chi connectivity index (χ0n) is 15.4. The van der Waals surface area contributed by atoms with Crippen LogP contribution < -0.4 is 10.1 Å². The Morgan fingerprint density at radius 1 is 1.22 bits per heavy atom. The minimum Gasteiger partial charge on any atom is -0.489 e. The third kappa shape index (κ3) is 5.11. The van der Waals surface area contributed by atoms with Gasteiger partial charge < -0.3 is 10.1 Å². The summed E-state index contributed by atoms with van der Waals surface area (Å²) in [6, 6.07) is 14.7. The fourth-order valence-corrected chi connectivity index (χ4v) is 2.88. The molecule has 0 spiro atoms. The number of ether oxygens (including phenoxy) is 1. The molecule has 0 fully saturated rings. The Hall–Kier alpha value is -2.79. The van der Waals surface area contributed by atoms with E-state index in [-0.39, 0.29) is 5.91 Å². The lowest BCUT2D eigenvalue weighted by molar-refractivity contribution is 0.0950. The summed E-state index contributed by atoms with van der Waals surface area (Å²) in [5.74, 6) is 0.573. The van der Waals surface area contributed by atoms with Crippen molar-refractivity contribution in [3.05, 3.63) is 82.1 Å². The highest BCUT2D eigenvalue weighted by atomic mass is 35.5. The van der Waals surface area contributed by atoms with Crippen molar-refractivity contribution in [3.63, 3.8) is 0 Å². The summed E-state index contributed by atoms with van der Waals surface area (Å²) in [6.45, 7) is 5.61. The molecule has 27 heavy (non-hydrogen) atoms. The van der Waals surface area contributed by atoms with E-state index in [0.29, 0.717) is 29.5 Å². The minimum atomic E-state index is -0.122. The maximum Gasteiger partial charge on any atom is 0.251 e. The van der Waals surface area contributed by atoms with Crippen molar-refractivity contribution < 1.29 is 9.53 Å². The molecular formula is C21H22ClN3O2. The number of aromatic nitrogens is 2. The van der Waals surface area contributed by atoms with E-state index in [4.69, 9.17) is 16.3 Å². The summed E-state index contributed by atoms with van der Waals surface area (Å²) in [4.78, 5) is 12.5. The zero-order valence-corrected chi connectivity index (χ0v) is 16.2. The van der Waals surface area contributed by atoms with Gasteiger partial charge in [0.1, 0.15) is 12.4 Å². The van der Waals surface area contributed by atoms with Crippen molar-refractivity contribution >= 4 is 17.5 Å². The standard InChI is InChI=1S/C21H22ClN3O2/c1-3-25-13-18(15(2)24-25)12-23-21(26)17-7-4-6-16(10-17)14-27-20-9-5-8-19(22)11-20/h4-11,13H,3,12,14H2,1-2H3,(H,23,26). The first kappa shape index (κ1) is 19.0. The van der Waals surface area contributed by atoms with Gasteiger partial charge in [0.05, 0.1) is 5.69 Å². The number of rotatable bonds is 7. The first-order valence-electron chi connectivity index (χ1n) is 8.83. The molecular weight excluding hydrogens is 362 g/mol. The molecule has 3 aromatic rings. The van der Waals surface area contributed by atoms with Gasteiger partial charge in [0.15, 0.2) is 0 Å². The van der Waals surface area contributed by atoms with Gasteiger partial charge in [-0.15, -0.1) is 0 Å². The number of nitrogens with one attached hydrogen (secondary N) is 1. The van der Waals surface area contributed by atoms with Crippen LogP contribution in [0.4, 0.5) is 0 Å². The van der Waals surface area contributed by atoms with Gasteiger partial charge in [0.25, 0.3) is 5.91 Å². The van der Waals surface area contributed by atoms with Crippen LogP contribution in [0.5, 0.6) is 5.75 Å². The third-order valence-electron chi connectivity index (χ3n) is 4.20. The second-order valence-corrected chi connectivity index (χ2v) is 6.66. The van der Waals surface area contributed by atoms with Crippen LogP contribution in [-0.4, -0.2) is 15.7 Å². The van der Waals surface area contributed by atoms with Crippen LogP contribution in [-0.2, 0) is 19.7 Å². The van der Waals surface area contributed by atoms with Gasteiger partial charge in [-0.05, 0) is 49.7 Å². The van der Waals surface area contributed by atoms with E-state index in [9.17, 15) is 4.79 Å². The highest BCUT2D eigenvalue weighted by Gasteiger charge is 2.09. The maximum absolute atomic E-state index is 12.5. The average molecular weight is 384 g/mol. The molecule has 0 unspecified atom stereocenters. The van der Waals surface area contributed by atoms with E-state index in [0.717, 1.165) is 23.4 Å². The fraction of sp³-hybridized carbons (Fsp3) is 0.238. The number of amides is 1. The molecule has 1 aromatic heterocycles. The second kappa shape index (κ2) is 8.73. The minimum absolute atomic E-state index is 0.122. The Balaban J connectivity index is 1.60. The molecule has 1 N–H and O–H groups in total. The summed E-state index contributed by atoms with van der Waals surface area (Å²) in [6.07, 6.45) is 1.96. The molecule has 0 saturated carbocycles. The third-order valence-corrected chi connectivity index (χ3v) is 4.44. The van der Waals surface area contributed by atoms with E-state index in [2.05, 4.69) is 10.4 Å². The SMILES string of the molecule is CCn1cc(CNC(=O)c2cccc(COc3cccc(Cl)c3)c2)c(C)n1. The van der Waals surface area contributed by atoms with Crippen LogP contribution in [0.2, 0.25) is 5.02 Å². The number of carbonyl (C=O) groups is 1. The molecule has 0 bridgehead atoms. The molecule has 6 heteroatoms. The number of nitrogens with zero attached hydrogens (tertiary/aromatic N) is 2. The average Bonchev–Trinajstić information content (AvgIpc) is 3.04. The number of benzene rings is 2. The lowest BCUT2D eigenvalue weighted by atomic mass is 10.1. The van der Waals surface area contributed by atoms with Gasteiger partial charge in [-0.1, -0.05) is 29.8 Å². The Bertz CT molecular complexity index is 937. The first-order valence-corrected chi connectivity index (χ1v) is 9.21. The monoisotopic (exact) mass is 383 g/mol. The molecule has 3 rings (SSSR count). The Kier molecular flexibility index (Phi) is 6.14. The first-order chi connectivity index (χ1) is 13.0. The number of hydrogen-bond donors (Lipinski definition) is 1. The van der Waals surface area contributed by atoms with E-state index in [1.807, 2.05) is 55.1 Å². The quantitative estimate of drug-likeness (QED) is 0.659. The van der Waals surface area contributed by atoms with Crippen molar-refractivity contribution in [1.29, 1.82) is 0 Å². The molecule has 0 saturated heterocycles. The maximum atomic E-state index is 12.5. The molecule has 1 heterocycles. The molecule has 0 radical (unpaired) electrons. The van der Waals surface area contributed by atoms with Gasteiger partial charge in [-0.25, -0.2) is 0 Å². The summed E-state index contributed by atoms with van der Waals surface area (Å²) in [5, 5.41) is 7.97. The Morgan fingerprint density at radius 2 is 2.04 bits per heavy atom. The molecule has 0 atom stereocenters. The molecule has 2 aromatic carbocycles. The number of aryl methyl sites for hydroxylation is 2. The van der Waals surface area contributed by atoms with Crippen LogP contribution in [0, 0.1) is 6.92 Å². The van der Waals surface area contributed by atoms with E-state index >= 15 is 0 Å². The predicted octanol–water partition coefficient (Wildman–Crippen LogP) is 4.37.